The zero-order valence-corrected chi connectivity index (χ0v) is 9.12. The van der Waals surface area contributed by atoms with Crippen LogP contribution in [0, 0.1) is 0 Å². The van der Waals surface area contributed by atoms with Crippen molar-refractivity contribution in [3.05, 3.63) is 42.7 Å². The van der Waals surface area contributed by atoms with Crippen molar-refractivity contribution in [3.8, 4) is 0 Å². The maximum atomic E-state index is 3.99. The molecule has 1 aromatic carbocycles. The minimum Gasteiger partial charge on any atom is -0.370 e. The number of hydrogen-bond donors (Lipinski definition) is 1. The Bertz CT molecular complexity index is 290. The van der Waals surface area contributed by atoms with Crippen molar-refractivity contribution in [1.82, 2.24) is 5.32 Å². The Hall–Kier alpha value is -1.44. The third-order valence-corrected chi connectivity index (χ3v) is 2.00. The van der Waals surface area contributed by atoms with Gasteiger partial charge >= 0.3 is 0 Å². The van der Waals surface area contributed by atoms with E-state index >= 15 is 0 Å². The van der Waals surface area contributed by atoms with E-state index in [1.165, 1.54) is 0 Å². The quantitative estimate of drug-likeness (QED) is 0.785. The van der Waals surface area contributed by atoms with Gasteiger partial charge in [0, 0.05) is 18.8 Å². The number of benzene rings is 1. The first-order valence-electron chi connectivity index (χ1n) is 4.85. The molecule has 0 bridgehead atoms. The first-order chi connectivity index (χ1) is 6.61. The van der Waals surface area contributed by atoms with Gasteiger partial charge in [0.2, 0.25) is 0 Å². The average Bonchev–Trinajstić information content (AvgIpc) is 2.17. The van der Waals surface area contributed by atoms with E-state index in [2.05, 4.69) is 37.9 Å². The molecule has 0 atom stereocenters. The van der Waals surface area contributed by atoms with Crippen LogP contribution < -0.4 is 10.2 Å². The summed E-state index contributed by atoms with van der Waals surface area (Å²) < 4.78 is 0. The lowest BCUT2D eigenvalue weighted by atomic mass is 10.3. The number of nitrogens with zero attached hydrogens (tertiary/aromatic N) is 1. The average molecular weight is 190 g/mol. The van der Waals surface area contributed by atoms with Gasteiger partial charge in [-0.25, -0.2) is 0 Å². The minimum atomic E-state index is 0.411. The van der Waals surface area contributed by atoms with Crippen molar-refractivity contribution in [2.75, 3.05) is 11.9 Å². The van der Waals surface area contributed by atoms with Crippen LogP contribution in [-0.4, -0.2) is 13.1 Å². The summed E-state index contributed by atoms with van der Waals surface area (Å²) in [6, 6.07) is 10.6. The van der Waals surface area contributed by atoms with Crippen molar-refractivity contribution in [2.24, 2.45) is 0 Å². The Morgan fingerprint density at radius 2 is 1.86 bits per heavy atom. The smallest absolute Gasteiger partial charge is 0.0983 e. The van der Waals surface area contributed by atoms with Crippen LogP contribution in [0.25, 0.3) is 0 Å². The first kappa shape index (κ1) is 10.6. The molecule has 2 nitrogen and oxygen atoms in total. The van der Waals surface area contributed by atoms with E-state index in [0.29, 0.717) is 6.04 Å². The van der Waals surface area contributed by atoms with Crippen LogP contribution in [0.3, 0.4) is 0 Å². The molecule has 0 aliphatic heterocycles. The summed E-state index contributed by atoms with van der Waals surface area (Å²) in [5.74, 6) is 0.922. The summed E-state index contributed by atoms with van der Waals surface area (Å²) >= 11 is 0. The van der Waals surface area contributed by atoms with Gasteiger partial charge in [0.15, 0.2) is 0 Å². The van der Waals surface area contributed by atoms with Crippen molar-refractivity contribution in [2.45, 2.75) is 19.9 Å². The van der Waals surface area contributed by atoms with Gasteiger partial charge in [-0.15, -0.1) is 0 Å². The molecule has 1 aromatic rings. The molecule has 0 amide bonds. The monoisotopic (exact) mass is 190 g/mol. The molecule has 0 radical (unpaired) electrons. The molecular formula is C12H18N2. The van der Waals surface area contributed by atoms with E-state index in [9.17, 15) is 0 Å². The van der Waals surface area contributed by atoms with E-state index in [-0.39, 0.29) is 0 Å². The SMILES string of the molecule is C=C(NC(C)C)N(C)c1ccccc1. The maximum absolute atomic E-state index is 3.99. The second kappa shape index (κ2) is 4.70. The summed E-state index contributed by atoms with van der Waals surface area (Å²) in [4.78, 5) is 2.04. The lowest BCUT2D eigenvalue weighted by Crippen LogP contribution is -2.31. The third kappa shape index (κ3) is 2.80. The topological polar surface area (TPSA) is 15.3 Å². The van der Waals surface area contributed by atoms with Gasteiger partial charge in [0.25, 0.3) is 0 Å². The Morgan fingerprint density at radius 3 is 2.36 bits per heavy atom. The van der Waals surface area contributed by atoms with Crippen molar-refractivity contribution in [1.29, 1.82) is 0 Å². The highest BCUT2D eigenvalue weighted by molar-refractivity contribution is 5.49. The molecule has 0 saturated heterocycles. The molecule has 0 spiro atoms. The van der Waals surface area contributed by atoms with Gasteiger partial charge in [0.05, 0.1) is 5.82 Å². The van der Waals surface area contributed by atoms with Crippen molar-refractivity contribution in [3.63, 3.8) is 0 Å². The number of para-hydroxylation sites is 1. The van der Waals surface area contributed by atoms with Crippen LogP contribution in [0.15, 0.2) is 42.7 Å². The maximum Gasteiger partial charge on any atom is 0.0983 e. The summed E-state index contributed by atoms with van der Waals surface area (Å²) in [6.45, 7) is 8.19. The molecule has 76 valence electrons. The summed E-state index contributed by atoms with van der Waals surface area (Å²) in [7, 11) is 2.01. The fourth-order valence-electron chi connectivity index (χ4n) is 1.24. The van der Waals surface area contributed by atoms with Gasteiger partial charge in [-0.3, -0.25) is 0 Å². The fourth-order valence-corrected chi connectivity index (χ4v) is 1.24. The Kier molecular flexibility index (Phi) is 3.57. The van der Waals surface area contributed by atoms with Crippen LogP contribution in [0.1, 0.15) is 13.8 Å². The Labute approximate surface area is 86.2 Å². The van der Waals surface area contributed by atoms with Crippen LogP contribution in [0.4, 0.5) is 5.69 Å². The molecule has 2 heteroatoms. The fraction of sp³-hybridized carbons (Fsp3) is 0.333. The lowest BCUT2D eigenvalue weighted by Gasteiger charge is -2.24. The van der Waals surface area contributed by atoms with Crippen LogP contribution in [0.2, 0.25) is 0 Å². The van der Waals surface area contributed by atoms with Gasteiger partial charge in [-0.1, -0.05) is 24.8 Å². The second-order valence-corrected chi connectivity index (χ2v) is 3.64. The molecule has 0 saturated carbocycles. The minimum absolute atomic E-state index is 0.411. The standard InChI is InChI=1S/C12H18N2/c1-10(2)13-11(3)14(4)12-8-6-5-7-9-12/h5-10,13H,3H2,1-2,4H3. The Balaban J connectivity index is 2.66. The highest BCUT2D eigenvalue weighted by Crippen LogP contribution is 2.13. The van der Waals surface area contributed by atoms with Crippen LogP contribution in [-0.2, 0) is 0 Å². The molecule has 0 aliphatic rings. The molecule has 0 fully saturated rings. The molecule has 0 aliphatic carbocycles. The molecule has 1 rings (SSSR count). The zero-order valence-electron chi connectivity index (χ0n) is 9.12. The highest BCUT2D eigenvalue weighted by Gasteiger charge is 2.04. The summed E-state index contributed by atoms with van der Waals surface area (Å²) in [5, 5.41) is 3.27. The predicted octanol–water partition coefficient (Wildman–Crippen LogP) is 2.59. The van der Waals surface area contributed by atoms with E-state index in [0.717, 1.165) is 11.5 Å². The van der Waals surface area contributed by atoms with Crippen molar-refractivity contribution < 1.29 is 0 Å². The van der Waals surface area contributed by atoms with Gasteiger partial charge in [-0.05, 0) is 26.0 Å². The molecule has 0 heterocycles. The van der Waals surface area contributed by atoms with Gasteiger partial charge < -0.3 is 10.2 Å². The predicted molar refractivity (Wildman–Crippen MR) is 62.3 cm³/mol. The van der Waals surface area contributed by atoms with Crippen LogP contribution in [0.5, 0.6) is 0 Å². The highest BCUT2D eigenvalue weighted by atomic mass is 15.2. The number of hydrogen-bond acceptors (Lipinski definition) is 2. The summed E-state index contributed by atoms with van der Waals surface area (Å²) in [6.07, 6.45) is 0. The number of nitrogens with one attached hydrogen (secondary N) is 1. The second-order valence-electron chi connectivity index (χ2n) is 3.64. The number of rotatable bonds is 4. The zero-order chi connectivity index (χ0) is 10.6. The third-order valence-electron chi connectivity index (χ3n) is 2.00. The molecular weight excluding hydrogens is 172 g/mol. The van der Waals surface area contributed by atoms with Gasteiger partial charge in [-0.2, -0.15) is 0 Å². The molecule has 0 aromatic heterocycles. The lowest BCUT2D eigenvalue weighted by molar-refractivity contribution is 0.655. The van der Waals surface area contributed by atoms with E-state index < -0.39 is 0 Å². The molecule has 14 heavy (non-hydrogen) atoms. The Morgan fingerprint density at radius 1 is 1.29 bits per heavy atom. The van der Waals surface area contributed by atoms with E-state index in [1.807, 2.05) is 30.1 Å². The molecule has 0 unspecified atom stereocenters. The van der Waals surface area contributed by atoms with Crippen molar-refractivity contribution >= 4 is 5.69 Å². The van der Waals surface area contributed by atoms with Crippen LogP contribution >= 0.6 is 0 Å². The molecule has 1 N–H and O–H groups in total. The summed E-state index contributed by atoms with van der Waals surface area (Å²) in [5.41, 5.74) is 1.14. The first-order valence-corrected chi connectivity index (χ1v) is 4.85. The van der Waals surface area contributed by atoms with E-state index in [4.69, 9.17) is 0 Å². The van der Waals surface area contributed by atoms with E-state index in [1.54, 1.807) is 0 Å². The number of anilines is 1. The normalized spacial score (nSPS) is 10.0. The largest absolute Gasteiger partial charge is 0.370 e. The van der Waals surface area contributed by atoms with Gasteiger partial charge in [0.1, 0.15) is 0 Å².